The molecular formula is C19H24O7. The third kappa shape index (κ3) is 5.29. The molecule has 2 rings (SSSR count). The number of carbonyl (C=O) groups is 3. The predicted octanol–water partition coefficient (Wildman–Crippen LogP) is 2.33. The van der Waals surface area contributed by atoms with Gasteiger partial charge in [-0.3, -0.25) is 14.4 Å². The highest BCUT2D eigenvalue weighted by atomic mass is 16.6. The summed E-state index contributed by atoms with van der Waals surface area (Å²) in [5.74, 6) is -1.53. The number of ether oxygens (including phenoxy) is 4. The van der Waals surface area contributed by atoms with E-state index in [1.165, 1.54) is 13.8 Å². The van der Waals surface area contributed by atoms with Crippen molar-refractivity contribution in [3.05, 3.63) is 35.9 Å². The summed E-state index contributed by atoms with van der Waals surface area (Å²) in [4.78, 5) is 35.6. The van der Waals surface area contributed by atoms with Crippen molar-refractivity contribution in [1.82, 2.24) is 0 Å². The van der Waals surface area contributed by atoms with Crippen molar-refractivity contribution in [2.45, 2.75) is 58.0 Å². The first kappa shape index (κ1) is 19.9. The molecule has 1 aromatic rings. The van der Waals surface area contributed by atoms with Crippen LogP contribution in [-0.4, -0.2) is 42.8 Å². The molecule has 0 spiro atoms. The average Bonchev–Trinajstić information content (AvgIpc) is 2.59. The highest BCUT2D eigenvalue weighted by molar-refractivity contribution is 5.71. The Balaban J connectivity index is 2.48. The summed E-state index contributed by atoms with van der Waals surface area (Å²) in [7, 11) is 0. The van der Waals surface area contributed by atoms with Gasteiger partial charge in [0.05, 0.1) is 6.10 Å². The van der Waals surface area contributed by atoms with E-state index in [1.54, 1.807) is 31.2 Å². The van der Waals surface area contributed by atoms with Gasteiger partial charge in [-0.25, -0.2) is 0 Å². The van der Waals surface area contributed by atoms with E-state index in [9.17, 15) is 14.4 Å². The Bertz CT molecular complexity index is 628. The summed E-state index contributed by atoms with van der Waals surface area (Å²) in [5.41, 5.74) is 0.640. The van der Waals surface area contributed by atoms with Gasteiger partial charge in [0.2, 0.25) is 0 Å². The summed E-state index contributed by atoms with van der Waals surface area (Å²) in [6.07, 6.45) is -3.00. The molecule has 1 aliphatic rings. The molecule has 1 fully saturated rings. The maximum absolute atomic E-state index is 12.2. The minimum atomic E-state index is -1.01. The van der Waals surface area contributed by atoms with Crippen LogP contribution in [0, 0.1) is 0 Å². The van der Waals surface area contributed by atoms with Crippen molar-refractivity contribution >= 4 is 17.9 Å². The fourth-order valence-electron chi connectivity index (χ4n) is 3.02. The van der Waals surface area contributed by atoms with E-state index in [2.05, 4.69) is 0 Å². The highest BCUT2D eigenvalue weighted by Gasteiger charge is 2.44. The van der Waals surface area contributed by atoms with Crippen molar-refractivity contribution in [2.24, 2.45) is 0 Å². The summed E-state index contributed by atoms with van der Waals surface area (Å²) < 4.78 is 22.2. The van der Waals surface area contributed by atoms with Crippen molar-refractivity contribution in [1.29, 1.82) is 0 Å². The largest absolute Gasteiger partial charge is 0.456 e. The second-order valence-corrected chi connectivity index (χ2v) is 6.00. The maximum atomic E-state index is 12.2. The quantitative estimate of drug-likeness (QED) is 0.585. The Labute approximate surface area is 152 Å². The number of carbonyl (C=O) groups excluding carboxylic acids is 3. The molecular weight excluding hydrogens is 340 g/mol. The second kappa shape index (κ2) is 9.33. The molecule has 0 radical (unpaired) electrons. The molecule has 7 heteroatoms. The summed E-state index contributed by atoms with van der Waals surface area (Å²) in [6, 6.07) is 8.91. The van der Waals surface area contributed by atoms with E-state index in [0.717, 1.165) is 0 Å². The summed E-state index contributed by atoms with van der Waals surface area (Å²) >= 11 is 0. The number of rotatable bonds is 5. The van der Waals surface area contributed by atoms with Gasteiger partial charge in [0.1, 0.15) is 0 Å². The van der Waals surface area contributed by atoms with Gasteiger partial charge in [-0.2, -0.15) is 0 Å². The molecule has 0 aromatic heterocycles. The molecule has 0 saturated carbocycles. The van der Waals surface area contributed by atoms with Crippen LogP contribution in [-0.2, 0) is 33.3 Å². The van der Waals surface area contributed by atoms with E-state index < -0.39 is 42.3 Å². The van der Waals surface area contributed by atoms with Crippen LogP contribution in [0.3, 0.4) is 0 Å². The molecule has 0 N–H and O–H groups in total. The molecule has 1 aliphatic heterocycles. The molecule has 26 heavy (non-hydrogen) atoms. The molecule has 1 saturated heterocycles. The molecule has 4 atom stereocenters. The first-order chi connectivity index (χ1) is 12.4. The molecule has 1 aromatic carbocycles. The van der Waals surface area contributed by atoms with Crippen LogP contribution in [0.5, 0.6) is 0 Å². The van der Waals surface area contributed by atoms with E-state index in [-0.39, 0.29) is 6.42 Å². The molecule has 0 amide bonds. The van der Waals surface area contributed by atoms with Crippen molar-refractivity contribution in [2.75, 3.05) is 6.61 Å². The Kier molecular flexibility index (Phi) is 7.15. The number of hydrogen-bond donors (Lipinski definition) is 0. The van der Waals surface area contributed by atoms with Gasteiger partial charge < -0.3 is 18.9 Å². The van der Waals surface area contributed by atoms with Crippen LogP contribution in [0.4, 0.5) is 0 Å². The Morgan fingerprint density at radius 3 is 2.27 bits per heavy atom. The van der Waals surface area contributed by atoms with Crippen LogP contribution >= 0.6 is 0 Å². The predicted molar refractivity (Wildman–Crippen MR) is 91.0 cm³/mol. The third-order valence-corrected chi connectivity index (χ3v) is 3.99. The van der Waals surface area contributed by atoms with E-state index in [0.29, 0.717) is 18.6 Å². The van der Waals surface area contributed by atoms with Gasteiger partial charge in [-0.05, 0) is 18.9 Å². The molecule has 0 bridgehead atoms. The van der Waals surface area contributed by atoms with Crippen LogP contribution < -0.4 is 0 Å². The fraction of sp³-hybridized carbons (Fsp3) is 0.526. The lowest BCUT2D eigenvalue weighted by atomic mass is 9.93. The lowest BCUT2D eigenvalue weighted by Crippen LogP contribution is -2.49. The minimum Gasteiger partial charge on any atom is -0.456 e. The van der Waals surface area contributed by atoms with Gasteiger partial charge in [-0.15, -0.1) is 0 Å². The Morgan fingerprint density at radius 2 is 1.69 bits per heavy atom. The average molecular weight is 364 g/mol. The van der Waals surface area contributed by atoms with Crippen LogP contribution in [0.25, 0.3) is 0 Å². The molecule has 7 nitrogen and oxygen atoms in total. The van der Waals surface area contributed by atoms with Crippen LogP contribution in [0.2, 0.25) is 0 Å². The second-order valence-electron chi connectivity index (χ2n) is 6.00. The van der Waals surface area contributed by atoms with Gasteiger partial charge >= 0.3 is 17.9 Å². The normalized spacial score (nSPS) is 26.2. The Hall–Kier alpha value is -2.41. The zero-order valence-corrected chi connectivity index (χ0v) is 15.2. The van der Waals surface area contributed by atoms with E-state index in [1.807, 2.05) is 6.07 Å². The topological polar surface area (TPSA) is 88.1 Å². The standard InChI is InChI=1S/C19H24O7/c1-4-23-15-10-11-16(22)26-17(14-8-6-5-7-9-14)19(25-13(3)21)18(15)24-12(2)20/h5-9,15,17-19H,4,10-11H2,1-3H3/t15-,17-,18-,19-/m1/s1. The third-order valence-electron chi connectivity index (χ3n) is 3.99. The van der Waals surface area contributed by atoms with Crippen molar-refractivity contribution < 1.29 is 33.3 Å². The van der Waals surface area contributed by atoms with Gasteiger partial charge in [0.25, 0.3) is 0 Å². The highest BCUT2D eigenvalue weighted by Crippen LogP contribution is 2.33. The lowest BCUT2D eigenvalue weighted by Gasteiger charge is -2.37. The fourth-order valence-corrected chi connectivity index (χ4v) is 3.02. The van der Waals surface area contributed by atoms with Crippen LogP contribution in [0.15, 0.2) is 30.3 Å². The molecule has 142 valence electrons. The van der Waals surface area contributed by atoms with Crippen molar-refractivity contribution in [3.8, 4) is 0 Å². The van der Waals surface area contributed by atoms with Gasteiger partial charge in [-0.1, -0.05) is 30.3 Å². The summed E-state index contributed by atoms with van der Waals surface area (Å²) in [5, 5.41) is 0. The molecule has 0 aliphatic carbocycles. The maximum Gasteiger partial charge on any atom is 0.306 e. The Morgan fingerprint density at radius 1 is 1.08 bits per heavy atom. The number of cyclic esters (lactones) is 1. The van der Waals surface area contributed by atoms with Crippen molar-refractivity contribution in [3.63, 3.8) is 0 Å². The summed E-state index contributed by atoms with van der Waals surface area (Å²) in [6.45, 7) is 4.69. The first-order valence-corrected chi connectivity index (χ1v) is 8.62. The molecule has 1 heterocycles. The number of esters is 3. The zero-order chi connectivity index (χ0) is 19.1. The SMILES string of the molecule is CCO[C@@H]1CCC(=O)O[C@H](c2ccccc2)[C@@H](OC(C)=O)[C@@H]1OC(C)=O. The first-order valence-electron chi connectivity index (χ1n) is 8.62. The smallest absolute Gasteiger partial charge is 0.306 e. The molecule has 0 unspecified atom stereocenters. The monoisotopic (exact) mass is 364 g/mol. The van der Waals surface area contributed by atoms with Gasteiger partial charge in [0, 0.05) is 26.9 Å². The number of hydrogen-bond acceptors (Lipinski definition) is 7. The minimum absolute atomic E-state index is 0.110. The zero-order valence-electron chi connectivity index (χ0n) is 15.2. The van der Waals surface area contributed by atoms with E-state index in [4.69, 9.17) is 18.9 Å². The van der Waals surface area contributed by atoms with Gasteiger partial charge in [0.15, 0.2) is 18.3 Å². The van der Waals surface area contributed by atoms with Crippen LogP contribution in [0.1, 0.15) is 45.3 Å². The lowest BCUT2D eigenvalue weighted by molar-refractivity contribution is -0.203. The number of benzene rings is 1. The van der Waals surface area contributed by atoms with E-state index >= 15 is 0 Å².